The van der Waals surface area contributed by atoms with Gasteiger partial charge in [-0.05, 0) is 79.9 Å². The first-order valence-corrected chi connectivity index (χ1v) is 11.8. The number of amides is 1. The highest BCUT2D eigenvalue weighted by Crippen LogP contribution is 2.52. The number of carbonyl (C=O) groups excluding carboxylic acids is 1. The number of benzene rings is 3. The van der Waals surface area contributed by atoms with Crippen LogP contribution < -0.4 is 10.1 Å². The lowest BCUT2D eigenvalue weighted by Gasteiger charge is -2.57. The highest BCUT2D eigenvalue weighted by atomic mass is 16.5. The standard InChI is InChI=1S/C28H32N2O3/c1-30-15-14-27(23-8-5-9-25(17-23)33-2)18-24(12-13-28(27,32)19-30)29-26(31)22-11-10-20-6-3-4-7-21(20)16-22/h3-11,16-17,24,32H,12-15,18-19H2,1-2H3,(H,29,31). The van der Waals surface area contributed by atoms with Crippen molar-refractivity contribution in [3.63, 3.8) is 0 Å². The first kappa shape index (κ1) is 21.9. The molecule has 5 heteroatoms. The molecule has 3 aromatic carbocycles. The molecule has 1 saturated heterocycles. The number of methoxy groups -OCH3 is 1. The van der Waals surface area contributed by atoms with Gasteiger partial charge in [0.05, 0.1) is 12.7 Å². The van der Waals surface area contributed by atoms with Crippen LogP contribution in [0.1, 0.15) is 41.6 Å². The molecule has 0 radical (unpaired) electrons. The van der Waals surface area contributed by atoms with E-state index in [1.54, 1.807) is 7.11 Å². The van der Waals surface area contributed by atoms with Crippen LogP contribution in [0.15, 0.2) is 66.7 Å². The van der Waals surface area contributed by atoms with Gasteiger partial charge >= 0.3 is 0 Å². The molecule has 1 saturated carbocycles. The van der Waals surface area contributed by atoms with Gasteiger partial charge in [0.25, 0.3) is 5.91 Å². The molecular formula is C28H32N2O3. The molecule has 0 aromatic heterocycles. The van der Waals surface area contributed by atoms with Crippen molar-refractivity contribution in [2.45, 2.75) is 42.7 Å². The highest BCUT2D eigenvalue weighted by Gasteiger charge is 2.57. The highest BCUT2D eigenvalue weighted by molar-refractivity contribution is 5.98. The van der Waals surface area contributed by atoms with Crippen LogP contribution in [0.5, 0.6) is 5.75 Å². The zero-order chi connectivity index (χ0) is 23.1. The monoisotopic (exact) mass is 444 g/mol. The Morgan fingerprint density at radius 2 is 1.88 bits per heavy atom. The van der Waals surface area contributed by atoms with Gasteiger partial charge in [0, 0.05) is 23.6 Å². The lowest BCUT2D eigenvalue weighted by molar-refractivity contribution is -0.121. The first-order chi connectivity index (χ1) is 15.9. The average Bonchev–Trinajstić information content (AvgIpc) is 2.84. The Balaban J connectivity index is 1.43. The number of nitrogens with one attached hydrogen (secondary N) is 1. The number of rotatable bonds is 4. The third-order valence-electron chi connectivity index (χ3n) is 7.81. The Hall–Kier alpha value is -2.89. The van der Waals surface area contributed by atoms with E-state index in [1.165, 1.54) is 0 Å². The van der Waals surface area contributed by atoms with Crippen molar-refractivity contribution in [2.75, 3.05) is 27.2 Å². The maximum Gasteiger partial charge on any atom is 0.251 e. The zero-order valence-corrected chi connectivity index (χ0v) is 19.4. The van der Waals surface area contributed by atoms with Crippen LogP contribution in [0.2, 0.25) is 0 Å². The number of ether oxygens (including phenoxy) is 1. The Morgan fingerprint density at radius 3 is 2.70 bits per heavy atom. The van der Waals surface area contributed by atoms with E-state index in [0.29, 0.717) is 24.9 Å². The molecule has 2 aliphatic rings. The largest absolute Gasteiger partial charge is 0.497 e. The summed E-state index contributed by atoms with van der Waals surface area (Å²) < 4.78 is 5.50. The van der Waals surface area contributed by atoms with Gasteiger partial charge in [0.1, 0.15) is 5.75 Å². The van der Waals surface area contributed by atoms with Gasteiger partial charge in [-0.2, -0.15) is 0 Å². The van der Waals surface area contributed by atoms with Crippen LogP contribution in [-0.2, 0) is 5.41 Å². The molecule has 0 spiro atoms. The van der Waals surface area contributed by atoms with Crippen molar-refractivity contribution < 1.29 is 14.6 Å². The van der Waals surface area contributed by atoms with Gasteiger partial charge in [0.2, 0.25) is 0 Å². The molecule has 0 bridgehead atoms. The molecule has 1 amide bonds. The number of hydrogen-bond donors (Lipinski definition) is 2. The minimum atomic E-state index is -0.837. The molecule has 5 nitrogen and oxygen atoms in total. The number of β-amino-alcohol motifs (C(OH)–C–C–N with tert-alkyl or cyclic N) is 1. The van der Waals surface area contributed by atoms with Crippen molar-refractivity contribution in [1.82, 2.24) is 10.2 Å². The van der Waals surface area contributed by atoms with E-state index in [0.717, 1.165) is 41.5 Å². The van der Waals surface area contributed by atoms with Crippen molar-refractivity contribution in [3.05, 3.63) is 77.9 Å². The number of likely N-dealkylation sites (N-methyl/N-ethyl adjacent to an activating group) is 1. The number of fused-ring (bicyclic) bond motifs is 2. The molecule has 1 heterocycles. The van der Waals surface area contributed by atoms with E-state index >= 15 is 0 Å². The third kappa shape index (κ3) is 3.90. The number of likely N-dealkylation sites (tertiary alicyclic amines) is 1. The van der Waals surface area contributed by atoms with Crippen LogP contribution in [0, 0.1) is 0 Å². The van der Waals surface area contributed by atoms with Gasteiger partial charge in [-0.25, -0.2) is 0 Å². The Bertz CT molecular complexity index is 1180. The summed E-state index contributed by atoms with van der Waals surface area (Å²) in [5, 5.41) is 17.4. The van der Waals surface area contributed by atoms with Crippen LogP contribution in [-0.4, -0.2) is 54.8 Å². The first-order valence-electron chi connectivity index (χ1n) is 11.8. The molecule has 5 rings (SSSR count). The summed E-state index contributed by atoms with van der Waals surface area (Å²) >= 11 is 0. The van der Waals surface area contributed by atoms with Gasteiger partial charge in [-0.3, -0.25) is 4.79 Å². The SMILES string of the molecule is COc1cccc(C23CCN(C)CC2(O)CCC(NC(=O)c2ccc4ccccc4c2)C3)c1. The van der Waals surface area contributed by atoms with Gasteiger partial charge in [0.15, 0.2) is 0 Å². The van der Waals surface area contributed by atoms with E-state index < -0.39 is 11.0 Å². The van der Waals surface area contributed by atoms with Crippen molar-refractivity contribution in [3.8, 4) is 5.75 Å². The molecule has 1 aliphatic heterocycles. The third-order valence-corrected chi connectivity index (χ3v) is 7.81. The summed E-state index contributed by atoms with van der Waals surface area (Å²) in [6, 6.07) is 22.0. The lowest BCUT2D eigenvalue weighted by atomic mass is 9.55. The predicted octanol–water partition coefficient (Wildman–Crippen LogP) is 4.14. The van der Waals surface area contributed by atoms with Crippen molar-refractivity contribution in [1.29, 1.82) is 0 Å². The second-order valence-electron chi connectivity index (χ2n) is 9.81. The number of carbonyl (C=O) groups is 1. The second kappa shape index (κ2) is 8.47. The van der Waals surface area contributed by atoms with E-state index in [2.05, 4.69) is 35.5 Å². The van der Waals surface area contributed by atoms with E-state index in [4.69, 9.17) is 4.74 Å². The predicted molar refractivity (Wildman–Crippen MR) is 131 cm³/mol. The summed E-state index contributed by atoms with van der Waals surface area (Å²) in [4.78, 5) is 15.4. The smallest absolute Gasteiger partial charge is 0.251 e. The van der Waals surface area contributed by atoms with E-state index in [9.17, 15) is 9.90 Å². The summed E-state index contributed by atoms with van der Waals surface area (Å²) in [5.41, 5.74) is 0.514. The van der Waals surface area contributed by atoms with Crippen LogP contribution >= 0.6 is 0 Å². The quantitative estimate of drug-likeness (QED) is 0.635. The minimum absolute atomic E-state index is 0.00106. The zero-order valence-electron chi connectivity index (χ0n) is 19.4. The van der Waals surface area contributed by atoms with Crippen LogP contribution in [0.3, 0.4) is 0 Å². The van der Waals surface area contributed by atoms with Crippen LogP contribution in [0.4, 0.5) is 0 Å². The Morgan fingerprint density at radius 1 is 1.06 bits per heavy atom. The molecule has 33 heavy (non-hydrogen) atoms. The molecule has 1 aliphatic carbocycles. The topological polar surface area (TPSA) is 61.8 Å². The number of hydrogen-bond acceptors (Lipinski definition) is 4. The fraction of sp³-hybridized carbons (Fsp3) is 0.393. The van der Waals surface area contributed by atoms with Gasteiger partial charge < -0.3 is 20.1 Å². The molecule has 172 valence electrons. The summed E-state index contributed by atoms with van der Waals surface area (Å²) in [5.74, 6) is 0.746. The van der Waals surface area contributed by atoms with Crippen molar-refractivity contribution in [2.24, 2.45) is 0 Å². The maximum absolute atomic E-state index is 13.2. The van der Waals surface area contributed by atoms with Gasteiger partial charge in [-0.15, -0.1) is 0 Å². The maximum atomic E-state index is 13.2. The summed E-state index contributed by atoms with van der Waals surface area (Å²) in [7, 11) is 3.74. The Kier molecular flexibility index (Phi) is 5.63. The fourth-order valence-electron chi connectivity index (χ4n) is 6.01. The normalized spacial score (nSPS) is 27.7. The van der Waals surface area contributed by atoms with Crippen molar-refractivity contribution >= 4 is 16.7 Å². The molecule has 3 aromatic rings. The molecule has 2 fully saturated rings. The molecule has 3 unspecified atom stereocenters. The number of aliphatic hydroxyl groups is 1. The van der Waals surface area contributed by atoms with E-state index in [-0.39, 0.29) is 11.9 Å². The summed E-state index contributed by atoms with van der Waals surface area (Å²) in [6.07, 6.45) is 2.96. The van der Waals surface area contributed by atoms with Gasteiger partial charge in [-0.1, -0.05) is 42.5 Å². The van der Waals surface area contributed by atoms with Crippen LogP contribution in [0.25, 0.3) is 10.8 Å². The minimum Gasteiger partial charge on any atom is -0.497 e. The van der Waals surface area contributed by atoms with E-state index in [1.807, 2.05) is 48.5 Å². The molecule has 3 atom stereocenters. The fourth-order valence-corrected chi connectivity index (χ4v) is 6.01. The number of piperidine rings is 1. The summed E-state index contributed by atoms with van der Waals surface area (Å²) in [6.45, 7) is 1.54. The number of nitrogens with zero attached hydrogens (tertiary/aromatic N) is 1. The molecular weight excluding hydrogens is 412 g/mol. The average molecular weight is 445 g/mol. The molecule has 2 N–H and O–H groups in total. The second-order valence-corrected chi connectivity index (χ2v) is 9.81. The Labute approximate surface area is 195 Å². The lowest BCUT2D eigenvalue weighted by Crippen LogP contribution is -2.66.